The minimum atomic E-state index is 0.720. The summed E-state index contributed by atoms with van der Waals surface area (Å²) in [6.45, 7) is 3.64. The fraction of sp³-hybridized carbons (Fsp3) is 0.368. The van der Waals surface area contributed by atoms with Crippen molar-refractivity contribution in [2.24, 2.45) is 4.99 Å². The molecule has 2 rings (SSSR count). The monoisotopic (exact) mass is 360 g/mol. The number of benzene rings is 1. The Morgan fingerprint density at radius 2 is 1.88 bits per heavy atom. The maximum Gasteiger partial charge on any atom is 0.190 e. The van der Waals surface area contributed by atoms with E-state index in [0.29, 0.717) is 0 Å². The van der Waals surface area contributed by atoms with Crippen LogP contribution in [0, 0.1) is 6.92 Å². The zero-order chi connectivity index (χ0) is 18.1. The predicted octanol–water partition coefficient (Wildman–Crippen LogP) is 3.00. The Morgan fingerprint density at radius 3 is 2.48 bits per heavy atom. The summed E-state index contributed by atoms with van der Waals surface area (Å²) in [6, 6.07) is 7.80. The molecule has 0 saturated heterocycles. The van der Waals surface area contributed by atoms with Crippen molar-refractivity contribution in [1.82, 2.24) is 15.6 Å². The molecule has 0 amide bonds. The van der Waals surface area contributed by atoms with Crippen LogP contribution in [0.5, 0.6) is 5.75 Å². The second kappa shape index (κ2) is 9.89. The first-order chi connectivity index (χ1) is 12.1. The van der Waals surface area contributed by atoms with Gasteiger partial charge in [0.1, 0.15) is 5.75 Å². The number of aryl methyl sites for hydroxylation is 1. The maximum atomic E-state index is 6.26. The molecule has 0 fully saturated rings. The molecule has 5 nitrogen and oxygen atoms in total. The van der Waals surface area contributed by atoms with E-state index in [1.165, 1.54) is 11.1 Å². The molecule has 1 heterocycles. The van der Waals surface area contributed by atoms with Gasteiger partial charge in [-0.25, -0.2) is 0 Å². The number of guanidine groups is 1. The van der Waals surface area contributed by atoms with Crippen molar-refractivity contribution in [3.05, 3.63) is 58.4 Å². The molecule has 0 saturated carbocycles. The summed E-state index contributed by atoms with van der Waals surface area (Å²) in [7, 11) is 3.41. The third-order valence-corrected chi connectivity index (χ3v) is 4.35. The number of nitrogens with zero attached hydrogens (tertiary/aromatic N) is 2. The van der Waals surface area contributed by atoms with Crippen LogP contribution in [-0.4, -0.2) is 38.2 Å². The van der Waals surface area contributed by atoms with Gasteiger partial charge in [-0.1, -0.05) is 17.7 Å². The first-order valence-corrected chi connectivity index (χ1v) is 8.68. The molecule has 0 aliphatic heterocycles. The van der Waals surface area contributed by atoms with Crippen molar-refractivity contribution in [2.75, 3.05) is 27.2 Å². The van der Waals surface area contributed by atoms with Crippen molar-refractivity contribution < 1.29 is 4.74 Å². The second-order valence-electron chi connectivity index (χ2n) is 5.69. The molecule has 25 heavy (non-hydrogen) atoms. The fourth-order valence-corrected chi connectivity index (χ4v) is 2.76. The highest BCUT2D eigenvalue weighted by Gasteiger charge is 2.04. The number of methoxy groups -OCH3 is 1. The van der Waals surface area contributed by atoms with Gasteiger partial charge in [-0.3, -0.25) is 9.98 Å². The Bertz CT molecular complexity index is 718. The molecule has 2 aromatic rings. The normalized spacial score (nSPS) is 11.3. The van der Waals surface area contributed by atoms with Gasteiger partial charge in [0.05, 0.1) is 7.11 Å². The van der Waals surface area contributed by atoms with E-state index in [4.69, 9.17) is 16.3 Å². The molecule has 0 aliphatic carbocycles. The fourth-order valence-electron chi connectivity index (χ4n) is 2.49. The molecule has 0 radical (unpaired) electrons. The Morgan fingerprint density at radius 1 is 1.16 bits per heavy atom. The van der Waals surface area contributed by atoms with E-state index >= 15 is 0 Å². The molecule has 0 unspecified atom stereocenters. The smallest absolute Gasteiger partial charge is 0.190 e. The highest BCUT2D eigenvalue weighted by Crippen LogP contribution is 2.22. The summed E-state index contributed by atoms with van der Waals surface area (Å²) in [5.41, 5.74) is 3.59. The van der Waals surface area contributed by atoms with Crippen LogP contribution in [0.2, 0.25) is 5.02 Å². The second-order valence-corrected chi connectivity index (χ2v) is 6.09. The Hall–Kier alpha value is -2.27. The summed E-state index contributed by atoms with van der Waals surface area (Å²) in [5.74, 6) is 1.56. The average molecular weight is 361 g/mol. The Kier molecular flexibility index (Phi) is 7.54. The number of nitrogens with one attached hydrogen (secondary N) is 2. The van der Waals surface area contributed by atoms with Crippen LogP contribution in [0.4, 0.5) is 0 Å². The number of hydrogen-bond acceptors (Lipinski definition) is 3. The van der Waals surface area contributed by atoms with E-state index in [2.05, 4.69) is 33.6 Å². The standard InChI is InChI=1S/C19H25ClN4O/c1-14-13-22-9-6-15(14)7-10-23-19(21-2)24-11-8-16-4-5-17(25-3)12-18(16)20/h4-6,9,12-13H,7-8,10-11H2,1-3H3,(H2,21,23,24). The van der Waals surface area contributed by atoms with E-state index in [-0.39, 0.29) is 0 Å². The minimum Gasteiger partial charge on any atom is -0.497 e. The van der Waals surface area contributed by atoms with Crippen molar-refractivity contribution in [1.29, 1.82) is 0 Å². The van der Waals surface area contributed by atoms with E-state index in [1.54, 1.807) is 14.2 Å². The number of pyridine rings is 1. The van der Waals surface area contributed by atoms with Crippen LogP contribution in [0.25, 0.3) is 0 Å². The quantitative estimate of drug-likeness (QED) is 0.588. The third kappa shape index (κ3) is 5.94. The van der Waals surface area contributed by atoms with Crippen molar-refractivity contribution >= 4 is 17.6 Å². The molecule has 0 spiro atoms. The summed E-state index contributed by atoms with van der Waals surface area (Å²) < 4.78 is 5.17. The lowest BCUT2D eigenvalue weighted by Gasteiger charge is -2.13. The minimum absolute atomic E-state index is 0.720. The predicted molar refractivity (Wildman–Crippen MR) is 104 cm³/mol. The molecule has 1 aromatic heterocycles. The molecular formula is C19H25ClN4O. The van der Waals surface area contributed by atoms with Gasteiger partial charge in [0, 0.05) is 37.6 Å². The molecular weight excluding hydrogens is 336 g/mol. The average Bonchev–Trinajstić information content (AvgIpc) is 2.63. The van der Waals surface area contributed by atoms with Crippen molar-refractivity contribution in [3.63, 3.8) is 0 Å². The van der Waals surface area contributed by atoms with Gasteiger partial charge in [0.2, 0.25) is 0 Å². The Balaban J connectivity index is 1.76. The van der Waals surface area contributed by atoms with Gasteiger partial charge in [0.25, 0.3) is 0 Å². The number of aromatic nitrogens is 1. The zero-order valence-electron chi connectivity index (χ0n) is 15.0. The maximum absolute atomic E-state index is 6.26. The SMILES string of the molecule is CN=C(NCCc1ccncc1C)NCCc1ccc(OC)cc1Cl. The molecule has 1 aromatic carbocycles. The van der Waals surface area contributed by atoms with E-state index in [1.807, 2.05) is 30.6 Å². The van der Waals surface area contributed by atoms with Crippen LogP contribution in [-0.2, 0) is 12.8 Å². The largest absolute Gasteiger partial charge is 0.497 e. The summed E-state index contributed by atoms with van der Waals surface area (Å²) >= 11 is 6.26. The Labute approximate surface area is 154 Å². The highest BCUT2D eigenvalue weighted by molar-refractivity contribution is 6.31. The lowest BCUT2D eigenvalue weighted by Crippen LogP contribution is -2.39. The summed E-state index contributed by atoms with van der Waals surface area (Å²) in [6.07, 6.45) is 5.46. The van der Waals surface area contributed by atoms with Crippen molar-refractivity contribution in [2.45, 2.75) is 19.8 Å². The van der Waals surface area contributed by atoms with Gasteiger partial charge in [-0.15, -0.1) is 0 Å². The first-order valence-electron chi connectivity index (χ1n) is 8.30. The van der Waals surface area contributed by atoms with Crippen LogP contribution < -0.4 is 15.4 Å². The molecule has 6 heteroatoms. The molecule has 0 aliphatic rings. The molecule has 0 atom stereocenters. The number of halogens is 1. The number of aliphatic imine (C=N–C) groups is 1. The van der Waals surface area contributed by atoms with Gasteiger partial charge in [-0.05, 0) is 54.7 Å². The van der Waals surface area contributed by atoms with E-state index in [9.17, 15) is 0 Å². The molecule has 134 valence electrons. The lowest BCUT2D eigenvalue weighted by atomic mass is 10.1. The van der Waals surface area contributed by atoms with E-state index < -0.39 is 0 Å². The van der Waals surface area contributed by atoms with Crippen molar-refractivity contribution in [3.8, 4) is 5.75 Å². The number of hydrogen-bond donors (Lipinski definition) is 2. The third-order valence-electron chi connectivity index (χ3n) is 3.99. The number of rotatable bonds is 7. The lowest BCUT2D eigenvalue weighted by molar-refractivity contribution is 0.414. The molecule has 2 N–H and O–H groups in total. The van der Waals surface area contributed by atoms with Gasteiger partial charge >= 0.3 is 0 Å². The topological polar surface area (TPSA) is 58.5 Å². The van der Waals surface area contributed by atoms with Crippen LogP contribution >= 0.6 is 11.6 Å². The van der Waals surface area contributed by atoms with Gasteiger partial charge < -0.3 is 15.4 Å². The highest BCUT2D eigenvalue weighted by atomic mass is 35.5. The van der Waals surface area contributed by atoms with E-state index in [0.717, 1.165) is 48.2 Å². The van der Waals surface area contributed by atoms with Gasteiger partial charge in [-0.2, -0.15) is 0 Å². The van der Waals surface area contributed by atoms with Crippen LogP contribution in [0.3, 0.4) is 0 Å². The van der Waals surface area contributed by atoms with Crippen LogP contribution in [0.1, 0.15) is 16.7 Å². The van der Waals surface area contributed by atoms with Crippen LogP contribution in [0.15, 0.2) is 41.7 Å². The zero-order valence-corrected chi connectivity index (χ0v) is 15.7. The first kappa shape index (κ1) is 19.1. The number of ether oxygens (including phenoxy) is 1. The molecule has 0 bridgehead atoms. The summed E-state index contributed by atoms with van der Waals surface area (Å²) in [5, 5.41) is 7.36. The van der Waals surface area contributed by atoms with Gasteiger partial charge in [0.15, 0.2) is 5.96 Å². The summed E-state index contributed by atoms with van der Waals surface area (Å²) in [4.78, 5) is 8.37.